The van der Waals surface area contributed by atoms with E-state index in [0.29, 0.717) is 41.3 Å². The number of piperidine rings is 1. The minimum Gasteiger partial charge on any atom is -0.496 e. The van der Waals surface area contributed by atoms with Gasteiger partial charge in [0.1, 0.15) is 5.75 Å². The number of methoxy groups -OCH3 is 1. The molecule has 1 heterocycles. The second kappa shape index (κ2) is 5.51. The van der Waals surface area contributed by atoms with E-state index in [1.807, 2.05) is 13.8 Å². The predicted octanol–water partition coefficient (Wildman–Crippen LogP) is 1.42. The molecule has 2 aliphatic rings. The smallest absolute Gasteiger partial charge is 0.243 e. The van der Waals surface area contributed by atoms with Crippen LogP contribution >= 0.6 is 0 Å². The van der Waals surface area contributed by atoms with Crippen LogP contribution in [0.3, 0.4) is 0 Å². The van der Waals surface area contributed by atoms with E-state index in [1.54, 1.807) is 23.5 Å². The van der Waals surface area contributed by atoms with Gasteiger partial charge in [0.15, 0.2) is 0 Å². The maximum atomic E-state index is 12.9. The van der Waals surface area contributed by atoms with Gasteiger partial charge >= 0.3 is 0 Å². The van der Waals surface area contributed by atoms with Crippen LogP contribution in [0.15, 0.2) is 17.0 Å². The van der Waals surface area contributed by atoms with E-state index in [0.717, 1.165) is 17.7 Å². The molecule has 6 heteroatoms. The average Bonchev–Trinajstić information content (AvgIpc) is 2.96. The molecule has 1 aromatic carbocycles. The Hall–Kier alpha value is -1.11. The molecule has 1 saturated heterocycles. The molecule has 1 aromatic rings. The molecule has 2 fully saturated rings. The van der Waals surface area contributed by atoms with Crippen LogP contribution < -0.4 is 4.74 Å². The van der Waals surface area contributed by atoms with Crippen LogP contribution in [0, 0.1) is 24.7 Å². The summed E-state index contributed by atoms with van der Waals surface area (Å²) in [5, 5.41) is 9.21. The van der Waals surface area contributed by atoms with E-state index in [-0.39, 0.29) is 6.61 Å². The monoisotopic (exact) mass is 325 g/mol. The number of nitrogens with zero attached hydrogens (tertiary/aromatic N) is 1. The van der Waals surface area contributed by atoms with Crippen molar-refractivity contribution in [2.45, 2.75) is 25.2 Å². The van der Waals surface area contributed by atoms with Crippen molar-refractivity contribution in [1.29, 1.82) is 0 Å². The van der Waals surface area contributed by atoms with Gasteiger partial charge in [-0.15, -0.1) is 0 Å². The molecule has 5 nitrogen and oxygen atoms in total. The highest BCUT2D eigenvalue weighted by molar-refractivity contribution is 7.89. The lowest BCUT2D eigenvalue weighted by Gasteiger charge is -2.21. The van der Waals surface area contributed by atoms with Crippen LogP contribution in [0.4, 0.5) is 0 Å². The van der Waals surface area contributed by atoms with Gasteiger partial charge in [0.05, 0.1) is 12.0 Å². The van der Waals surface area contributed by atoms with Gasteiger partial charge in [-0.25, -0.2) is 8.42 Å². The Morgan fingerprint density at radius 2 is 1.95 bits per heavy atom. The van der Waals surface area contributed by atoms with Gasteiger partial charge in [0, 0.05) is 19.7 Å². The Balaban J connectivity index is 1.90. The molecule has 3 atom stereocenters. The molecule has 0 bridgehead atoms. The van der Waals surface area contributed by atoms with Crippen molar-refractivity contribution >= 4 is 10.0 Å². The van der Waals surface area contributed by atoms with Crippen molar-refractivity contribution in [2.24, 2.45) is 17.8 Å². The number of ether oxygens (including phenoxy) is 1. The van der Waals surface area contributed by atoms with Gasteiger partial charge in [-0.2, -0.15) is 4.31 Å². The van der Waals surface area contributed by atoms with E-state index < -0.39 is 10.0 Å². The fourth-order valence-electron chi connectivity index (χ4n) is 3.66. The summed E-state index contributed by atoms with van der Waals surface area (Å²) < 4.78 is 32.7. The summed E-state index contributed by atoms with van der Waals surface area (Å²) in [6.45, 7) is 5.03. The second-order valence-corrected chi connectivity index (χ2v) is 8.19. The Kier molecular flexibility index (Phi) is 3.95. The Labute approximate surface area is 131 Å². The second-order valence-electron chi connectivity index (χ2n) is 6.28. The normalized spacial score (nSPS) is 27.7. The highest BCUT2D eigenvalue weighted by Gasteiger charge is 2.57. The van der Waals surface area contributed by atoms with Crippen molar-refractivity contribution in [1.82, 2.24) is 4.31 Å². The SMILES string of the molecule is CCc1cc(S(=O)(=O)N2C[C@@H]3C(CO)[C@@H]3C2)c(C)cc1OC. The van der Waals surface area contributed by atoms with Crippen LogP contribution in [-0.2, 0) is 16.4 Å². The molecule has 0 radical (unpaired) electrons. The molecule has 1 saturated carbocycles. The van der Waals surface area contributed by atoms with Crippen molar-refractivity contribution in [3.8, 4) is 5.75 Å². The van der Waals surface area contributed by atoms with E-state index >= 15 is 0 Å². The van der Waals surface area contributed by atoms with E-state index in [1.165, 1.54) is 0 Å². The number of rotatable bonds is 5. The molecule has 122 valence electrons. The molecule has 1 unspecified atom stereocenters. The largest absolute Gasteiger partial charge is 0.496 e. The van der Waals surface area contributed by atoms with Gasteiger partial charge in [0.2, 0.25) is 10.0 Å². The Bertz CT molecular complexity index is 674. The lowest BCUT2D eigenvalue weighted by molar-refractivity contribution is 0.247. The van der Waals surface area contributed by atoms with Crippen LogP contribution in [0.25, 0.3) is 0 Å². The maximum absolute atomic E-state index is 12.9. The molecular formula is C16H23NO4S. The standard InChI is InChI=1S/C16H23NO4S/c1-4-11-6-16(10(2)5-15(11)21-3)22(19,20)17-7-12-13(8-17)14(12)9-18/h5-6,12-14,18H,4,7-9H2,1-3H3/t12-,13+,14?. The molecular weight excluding hydrogens is 302 g/mol. The molecule has 1 N–H and O–H groups in total. The van der Waals surface area contributed by atoms with Crippen LogP contribution in [-0.4, -0.2) is 44.6 Å². The number of aryl methyl sites for hydroxylation is 2. The van der Waals surface area contributed by atoms with Crippen LogP contribution in [0.1, 0.15) is 18.1 Å². The third kappa shape index (κ3) is 2.33. The fourth-order valence-corrected chi connectivity index (χ4v) is 5.44. The lowest BCUT2D eigenvalue weighted by atomic mass is 10.1. The topological polar surface area (TPSA) is 66.8 Å². The minimum atomic E-state index is -3.46. The summed E-state index contributed by atoms with van der Waals surface area (Å²) in [5.74, 6) is 1.71. The average molecular weight is 325 g/mol. The molecule has 22 heavy (non-hydrogen) atoms. The number of hydrogen-bond donors (Lipinski definition) is 1. The van der Waals surface area contributed by atoms with Gasteiger partial charge in [-0.1, -0.05) is 6.92 Å². The maximum Gasteiger partial charge on any atom is 0.243 e. The Morgan fingerprint density at radius 3 is 2.45 bits per heavy atom. The summed E-state index contributed by atoms with van der Waals surface area (Å²) in [4.78, 5) is 0.381. The lowest BCUT2D eigenvalue weighted by Crippen LogP contribution is -2.32. The molecule has 1 aliphatic carbocycles. The first kappa shape index (κ1) is 15.8. The Morgan fingerprint density at radius 1 is 1.32 bits per heavy atom. The summed E-state index contributed by atoms with van der Waals surface area (Å²) >= 11 is 0. The number of sulfonamides is 1. The number of fused-ring (bicyclic) bond motifs is 1. The molecule has 0 aromatic heterocycles. The van der Waals surface area contributed by atoms with E-state index in [2.05, 4.69) is 0 Å². The molecule has 0 amide bonds. The van der Waals surface area contributed by atoms with E-state index in [4.69, 9.17) is 4.74 Å². The fraction of sp³-hybridized carbons (Fsp3) is 0.625. The van der Waals surface area contributed by atoms with Crippen molar-refractivity contribution in [3.63, 3.8) is 0 Å². The van der Waals surface area contributed by atoms with Crippen molar-refractivity contribution in [2.75, 3.05) is 26.8 Å². The summed E-state index contributed by atoms with van der Waals surface area (Å²) in [5.41, 5.74) is 1.62. The molecule has 0 spiro atoms. The van der Waals surface area contributed by atoms with E-state index in [9.17, 15) is 13.5 Å². The van der Waals surface area contributed by atoms with Gasteiger partial charge in [-0.05, 0) is 54.4 Å². The third-order valence-electron chi connectivity index (χ3n) is 5.13. The zero-order valence-corrected chi connectivity index (χ0v) is 14.1. The van der Waals surface area contributed by atoms with Gasteiger partial charge in [-0.3, -0.25) is 0 Å². The number of aliphatic hydroxyl groups excluding tert-OH is 1. The first-order valence-corrected chi connectivity index (χ1v) is 9.16. The minimum absolute atomic E-state index is 0.171. The number of aliphatic hydroxyl groups is 1. The summed E-state index contributed by atoms with van der Waals surface area (Å²) in [6.07, 6.45) is 0.726. The predicted molar refractivity (Wildman–Crippen MR) is 83.4 cm³/mol. The number of hydrogen-bond acceptors (Lipinski definition) is 4. The van der Waals surface area contributed by atoms with Crippen LogP contribution in [0.5, 0.6) is 5.75 Å². The van der Waals surface area contributed by atoms with Crippen LogP contribution in [0.2, 0.25) is 0 Å². The van der Waals surface area contributed by atoms with Gasteiger partial charge < -0.3 is 9.84 Å². The zero-order valence-electron chi connectivity index (χ0n) is 13.2. The first-order valence-electron chi connectivity index (χ1n) is 7.72. The molecule has 3 rings (SSSR count). The zero-order chi connectivity index (χ0) is 16.1. The summed E-state index contributed by atoms with van der Waals surface area (Å²) in [6, 6.07) is 3.55. The first-order chi connectivity index (χ1) is 10.4. The van der Waals surface area contributed by atoms with Crippen molar-refractivity contribution < 1.29 is 18.3 Å². The number of benzene rings is 1. The van der Waals surface area contributed by atoms with Crippen molar-refractivity contribution in [3.05, 3.63) is 23.3 Å². The summed E-state index contributed by atoms with van der Waals surface area (Å²) in [7, 11) is -1.86. The van der Waals surface area contributed by atoms with Gasteiger partial charge in [0.25, 0.3) is 0 Å². The third-order valence-corrected chi connectivity index (χ3v) is 7.10. The molecule has 1 aliphatic heterocycles. The highest BCUT2D eigenvalue weighted by Crippen LogP contribution is 2.52. The highest BCUT2D eigenvalue weighted by atomic mass is 32.2. The quantitative estimate of drug-likeness (QED) is 0.889.